The van der Waals surface area contributed by atoms with Crippen LogP contribution in [0.4, 0.5) is 5.69 Å². The predicted molar refractivity (Wildman–Crippen MR) is 91.7 cm³/mol. The molecule has 6 nitrogen and oxygen atoms in total. The minimum atomic E-state index is -0.830. The van der Waals surface area contributed by atoms with Crippen LogP contribution in [0.25, 0.3) is 0 Å². The predicted octanol–water partition coefficient (Wildman–Crippen LogP) is 1.93. The molecule has 2 N–H and O–H groups in total. The van der Waals surface area contributed by atoms with Crippen molar-refractivity contribution in [3.63, 3.8) is 0 Å². The summed E-state index contributed by atoms with van der Waals surface area (Å²) in [6.45, 7) is 3.48. The molecule has 0 fully saturated rings. The van der Waals surface area contributed by atoms with Crippen molar-refractivity contribution >= 4 is 29.1 Å². The Labute approximate surface area is 144 Å². The second kappa shape index (κ2) is 6.32. The van der Waals surface area contributed by atoms with Gasteiger partial charge in [-0.25, -0.2) is 0 Å². The quantitative estimate of drug-likeness (QED) is 0.699. The van der Waals surface area contributed by atoms with E-state index in [1.807, 2.05) is 0 Å². The molecule has 0 heterocycles. The molecule has 0 saturated heterocycles. The van der Waals surface area contributed by atoms with Gasteiger partial charge in [-0.15, -0.1) is 0 Å². The van der Waals surface area contributed by atoms with E-state index in [1.165, 1.54) is 18.2 Å². The van der Waals surface area contributed by atoms with Gasteiger partial charge in [0.2, 0.25) is 0 Å². The summed E-state index contributed by atoms with van der Waals surface area (Å²) < 4.78 is 0. The highest BCUT2D eigenvalue weighted by molar-refractivity contribution is 6.39. The van der Waals surface area contributed by atoms with Crippen LogP contribution >= 0.6 is 0 Å². The average molecular weight is 336 g/mol. The SMILES string of the molecule is CC(C)NC(=O)C(=O)Nc1ccc2c(c1)C(=O)c1ccccc1C2=O. The number of benzene rings is 2. The fraction of sp³-hybridized carbons (Fsp3) is 0.158. The van der Waals surface area contributed by atoms with Crippen LogP contribution in [-0.2, 0) is 9.59 Å². The van der Waals surface area contributed by atoms with Crippen LogP contribution in [-0.4, -0.2) is 29.4 Å². The van der Waals surface area contributed by atoms with Crippen LogP contribution in [0.3, 0.4) is 0 Å². The fourth-order valence-electron chi connectivity index (χ4n) is 2.69. The monoisotopic (exact) mass is 336 g/mol. The lowest BCUT2D eigenvalue weighted by atomic mass is 9.84. The highest BCUT2D eigenvalue weighted by atomic mass is 16.2. The van der Waals surface area contributed by atoms with Gasteiger partial charge in [-0.1, -0.05) is 24.3 Å². The van der Waals surface area contributed by atoms with E-state index in [0.29, 0.717) is 11.1 Å². The Morgan fingerprint density at radius 2 is 1.36 bits per heavy atom. The molecule has 0 radical (unpaired) electrons. The first kappa shape index (κ1) is 16.6. The van der Waals surface area contributed by atoms with Crippen LogP contribution in [0.15, 0.2) is 42.5 Å². The number of nitrogens with one attached hydrogen (secondary N) is 2. The van der Waals surface area contributed by atoms with Crippen LogP contribution in [0, 0.1) is 0 Å². The first-order valence-electron chi connectivity index (χ1n) is 7.83. The van der Waals surface area contributed by atoms with Crippen LogP contribution in [0.2, 0.25) is 0 Å². The topological polar surface area (TPSA) is 92.3 Å². The lowest BCUT2D eigenvalue weighted by Crippen LogP contribution is -2.39. The first-order chi connectivity index (χ1) is 11.9. The van der Waals surface area contributed by atoms with Gasteiger partial charge < -0.3 is 10.6 Å². The maximum absolute atomic E-state index is 12.6. The molecule has 2 aromatic rings. The van der Waals surface area contributed by atoms with Crippen molar-refractivity contribution in [2.75, 3.05) is 5.32 Å². The lowest BCUT2D eigenvalue weighted by Gasteiger charge is -2.18. The highest BCUT2D eigenvalue weighted by Crippen LogP contribution is 2.29. The second-order valence-electron chi connectivity index (χ2n) is 6.05. The summed E-state index contributed by atoms with van der Waals surface area (Å²) in [5.41, 5.74) is 1.48. The molecule has 126 valence electrons. The van der Waals surface area contributed by atoms with Gasteiger partial charge in [-0.2, -0.15) is 0 Å². The van der Waals surface area contributed by atoms with Crippen molar-refractivity contribution in [3.05, 3.63) is 64.7 Å². The Kier molecular flexibility index (Phi) is 4.19. The van der Waals surface area contributed by atoms with E-state index in [0.717, 1.165) is 0 Å². The van der Waals surface area contributed by atoms with Crippen LogP contribution < -0.4 is 10.6 Å². The molecular formula is C19H16N2O4. The number of fused-ring (bicyclic) bond motifs is 2. The Hall–Kier alpha value is -3.28. The minimum absolute atomic E-state index is 0.169. The van der Waals surface area contributed by atoms with Gasteiger partial charge in [0.05, 0.1) is 0 Å². The molecule has 3 rings (SSSR count). The summed E-state index contributed by atoms with van der Waals surface area (Å²) in [4.78, 5) is 48.7. The number of hydrogen-bond donors (Lipinski definition) is 2. The number of ketones is 2. The number of rotatable bonds is 2. The largest absolute Gasteiger partial charge is 0.346 e. The van der Waals surface area contributed by atoms with E-state index in [1.54, 1.807) is 38.1 Å². The third kappa shape index (κ3) is 3.06. The Morgan fingerprint density at radius 3 is 1.96 bits per heavy atom. The maximum Gasteiger partial charge on any atom is 0.313 e. The number of hydrogen-bond acceptors (Lipinski definition) is 4. The van der Waals surface area contributed by atoms with Gasteiger partial charge in [0.15, 0.2) is 11.6 Å². The van der Waals surface area contributed by atoms with Crippen molar-refractivity contribution in [2.45, 2.75) is 19.9 Å². The van der Waals surface area contributed by atoms with Gasteiger partial charge >= 0.3 is 11.8 Å². The van der Waals surface area contributed by atoms with Gasteiger partial charge in [0.1, 0.15) is 0 Å². The second-order valence-corrected chi connectivity index (χ2v) is 6.05. The normalized spacial score (nSPS) is 12.4. The number of carbonyl (C=O) groups excluding carboxylic acids is 4. The zero-order valence-electron chi connectivity index (χ0n) is 13.8. The van der Waals surface area contributed by atoms with E-state index in [-0.39, 0.29) is 34.4 Å². The zero-order valence-corrected chi connectivity index (χ0v) is 13.8. The molecule has 0 unspecified atom stereocenters. The van der Waals surface area contributed by atoms with Crippen molar-refractivity contribution in [3.8, 4) is 0 Å². The molecule has 0 saturated carbocycles. The van der Waals surface area contributed by atoms with Crippen molar-refractivity contribution < 1.29 is 19.2 Å². The number of amides is 2. The van der Waals surface area contributed by atoms with Crippen molar-refractivity contribution in [1.29, 1.82) is 0 Å². The molecule has 0 spiro atoms. The highest BCUT2D eigenvalue weighted by Gasteiger charge is 2.29. The van der Waals surface area contributed by atoms with Crippen molar-refractivity contribution in [2.24, 2.45) is 0 Å². The Morgan fingerprint density at radius 1 is 0.800 bits per heavy atom. The first-order valence-corrected chi connectivity index (χ1v) is 7.83. The zero-order chi connectivity index (χ0) is 18.1. The molecule has 1 aliphatic rings. The molecule has 6 heteroatoms. The standard InChI is InChI=1S/C19H16N2O4/c1-10(2)20-18(24)19(25)21-11-7-8-14-15(9-11)17(23)13-6-4-3-5-12(13)16(14)22/h3-10H,1-2H3,(H,20,24)(H,21,25). The van der Waals surface area contributed by atoms with Gasteiger partial charge in [-0.3, -0.25) is 19.2 Å². The average Bonchev–Trinajstić information content (AvgIpc) is 2.59. The summed E-state index contributed by atoms with van der Waals surface area (Å²) in [6, 6.07) is 10.8. The van der Waals surface area contributed by atoms with Crippen molar-refractivity contribution in [1.82, 2.24) is 5.32 Å². The summed E-state index contributed by atoms with van der Waals surface area (Å²) in [5.74, 6) is -2.11. The molecule has 1 aliphatic carbocycles. The van der Waals surface area contributed by atoms with E-state index >= 15 is 0 Å². The third-order valence-electron chi connectivity index (χ3n) is 3.81. The van der Waals surface area contributed by atoms with E-state index in [2.05, 4.69) is 10.6 Å². The van der Waals surface area contributed by atoms with E-state index in [9.17, 15) is 19.2 Å². The molecular weight excluding hydrogens is 320 g/mol. The summed E-state index contributed by atoms with van der Waals surface area (Å²) in [7, 11) is 0. The smallest absolute Gasteiger partial charge is 0.313 e. The lowest BCUT2D eigenvalue weighted by molar-refractivity contribution is -0.136. The van der Waals surface area contributed by atoms with Gasteiger partial charge in [0.25, 0.3) is 0 Å². The fourth-order valence-corrected chi connectivity index (χ4v) is 2.69. The Balaban J connectivity index is 1.90. The van der Waals surface area contributed by atoms with Gasteiger partial charge in [0, 0.05) is 34.0 Å². The van der Waals surface area contributed by atoms with E-state index < -0.39 is 11.8 Å². The molecule has 0 atom stereocenters. The van der Waals surface area contributed by atoms with Crippen LogP contribution in [0.5, 0.6) is 0 Å². The molecule has 0 aromatic heterocycles. The third-order valence-corrected chi connectivity index (χ3v) is 3.81. The minimum Gasteiger partial charge on any atom is -0.346 e. The summed E-state index contributed by atoms with van der Waals surface area (Å²) in [6.07, 6.45) is 0. The number of anilines is 1. The molecule has 0 aliphatic heterocycles. The molecule has 25 heavy (non-hydrogen) atoms. The number of carbonyl (C=O) groups is 4. The van der Waals surface area contributed by atoms with E-state index in [4.69, 9.17) is 0 Å². The van der Waals surface area contributed by atoms with Gasteiger partial charge in [-0.05, 0) is 32.0 Å². The summed E-state index contributed by atoms with van der Waals surface area (Å²) in [5, 5.41) is 4.92. The maximum atomic E-state index is 12.6. The molecule has 0 bridgehead atoms. The molecule has 2 amide bonds. The van der Waals surface area contributed by atoms with Crippen LogP contribution in [0.1, 0.15) is 45.7 Å². The summed E-state index contributed by atoms with van der Waals surface area (Å²) >= 11 is 0. The molecule has 2 aromatic carbocycles. The Bertz CT molecular complexity index is 915.